The van der Waals surface area contributed by atoms with Crippen LogP contribution in [-0.4, -0.2) is 14.5 Å². The Morgan fingerprint density at radius 2 is 2.35 bits per heavy atom. The lowest BCUT2D eigenvalue weighted by Crippen LogP contribution is -2.02. The van der Waals surface area contributed by atoms with Crippen LogP contribution < -0.4 is 0 Å². The van der Waals surface area contributed by atoms with E-state index >= 15 is 0 Å². The van der Waals surface area contributed by atoms with Crippen LogP contribution in [0.1, 0.15) is 11.3 Å². The standard InChI is InChI=1S/C11H8N4O2/c1-8-5-10(15(16)17)7-13-11(8)14-4-2-3-9(14)6-12/h2-5,7H,1H3. The zero-order valence-electron chi connectivity index (χ0n) is 8.99. The smallest absolute Gasteiger partial charge is 0.287 e. The van der Waals surface area contributed by atoms with E-state index in [2.05, 4.69) is 4.98 Å². The summed E-state index contributed by atoms with van der Waals surface area (Å²) in [5, 5.41) is 19.5. The second-order valence-electron chi connectivity index (χ2n) is 3.47. The van der Waals surface area contributed by atoms with Crippen LogP contribution in [0.2, 0.25) is 0 Å². The van der Waals surface area contributed by atoms with Crippen LogP contribution in [0.5, 0.6) is 0 Å². The fourth-order valence-corrected chi connectivity index (χ4v) is 1.56. The molecule has 0 saturated heterocycles. The minimum absolute atomic E-state index is 0.0584. The van der Waals surface area contributed by atoms with Crippen molar-refractivity contribution in [2.75, 3.05) is 0 Å². The van der Waals surface area contributed by atoms with Crippen molar-refractivity contribution in [1.82, 2.24) is 9.55 Å². The second-order valence-corrected chi connectivity index (χ2v) is 3.47. The third-order valence-corrected chi connectivity index (χ3v) is 2.34. The maximum atomic E-state index is 10.6. The fraction of sp³-hybridized carbons (Fsp3) is 0.0909. The molecule has 2 rings (SSSR count). The van der Waals surface area contributed by atoms with E-state index in [1.54, 1.807) is 29.8 Å². The first-order chi connectivity index (χ1) is 8.13. The van der Waals surface area contributed by atoms with Crippen molar-refractivity contribution >= 4 is 5.69 Å². The molecule has 0 aromatic carbocycles. The lowest BCUT2D eigenvalue weighted by atomic mass is 10.2. The van der Waals surface area contributed by atoms with E-state index in [-0.39, 0.29) is 5.69 Å². The van der Waals surface area contributed by atoms with E-state index in [1.165, 1.54) is 12.3 Å². The number of nitrogens with zero attached hydrogens (tertiary/aromatic N) is 4. The van der Waals surface area contributed by atoms with Gasteiger partial charge in [0.2, 0.25) is 0 Å². The van der Waals surface area contributed by atoms with E-state index in [0.29, 0.717) is 17.1 Å². The maximum absolute atomic E-state index is 10.6. The van der Waals surface area contributed by atoms with Crippen molar-refractivity contribution in [2.24, 2.45) is 0 Å². The van der Waals surface area contributed by atoms with E-state index in [0.717, 1.165) is 0 Å². The highest BCUT2D eigenvalue weighted by Gasteiger charge is 2.12. The molecule has 0 atom stereocenters. The van der Waals surface area contributed by atoms with Gasteiger partial charge in [-0.2, -0.15) is 5.26 Å². The van der Waals surface area contributed by atoms with Gasteiger partial charge in [0, 0.05) is 12.3 Å². The lowest BCUT2D eigenvalue weighted by Gasteiger charge is -2.06. The summed E-state index contributed by atoms with van der Waals surface area (Å²) < 4.78 is 1.60. The normalized spacial score (nSPS) is 9.88. The summed E-state index contributed by atoms with van der Waals surface area (Å²) in [4.78, 5) is 14.1. The Bertz CT molecular complexity index is 625. The van der Waals surface area contributed by atoms with Gasteiger partial charge < -0.3 is 0 Å². The van der Waals surface area contributed by atoms with Crippen LogP contribution in [0.15, 0.2) is 30.6 Å². The number of hydrogen-bond donors (Lipinski definition) is 0. The minimum atomic E-state index is -0.495. The topological polar surface area (TPSA) is 84.8 Å². The van der Waals surface area contributed by atoms with Gasteiger partial charge in [0.05, 0.1) is 4.92 Å². The molecule has 0 N–H and O–H groups in total. The zero-order chi connectivity index (χ0) is 12.4. The summed E-state index contributed by atoms with van der Waals surface area (Å²) in [5.74, 6) is 0.525. The molecule has 0 amide bonds. The molecule has 2 aromatic rings. The molecule has 0 fully saturated rings. The highest BCUT2D eigenvalue weighted by atomic mass is 16.6. The number of aryl methyl sites for hydroxylation is 1. The average molecular weight is 228 g/mol. The Balaban J connectivity index is 2.55. The first-order valence-corrected chi connectivity index (χ1v) is 4.82. The van der Waals surface area contributed by atoms with E-state index in [4.69, 9.17) is 5.26 Å². The summed E-state index contributed by atoms with van der Waals surface area (Å²) >= 11 is 0. The molecule has 6 nitrogen and oxygen atoms in total. The van der Waals surface area contributed by atoms with E-state index < -0.39 is 4.92 Å². The quantitative estimate of drug-likeness (QED) is 0.580. The van der Waals surface area contributed by atoms with Gasteiger partial charge in [0.25, 0.3) is 5.69 Å². The van der Waals surface area contributed by atoms with Crippen molar-refractivity contribution in [3.8, 4) is 11.9 Å². The minimum Gasteiger partial charge on any atom is -0.292 e. The molecule has 2 heterocycles. The molecule has 6 heteroatoms. The molecule has 0 saturated carbocycles. The van der Waals surface area contributed by atoms with Gasteiger partial charge in [0.1, 0.15) is 23.8 Å². The predicted molar refractivity (Wildman–Crippen MR) is 59.7 cm³/mol. The van der Waals surface area contributed by atoms with Crippen LogP contribution >= 0.6 is 0 Å². The molecule has 0 bridgehead atoms. The van der Waals surface area contributed by atoms with Crippen LogP contribution in [0.4, 0.5) is 5.69 Å². The number of aromatic nitrogens is 2. The first-order valence-electron chi connectivity index (χ1n) is 4.82. The molecule has 0 aliphatic heterocycles. The van der Waals surface area contributed by atoms with Crippen LogP contribution in [0.25, 0.3) is 5.82 Å². The van der Waals surface area contributed by atoms with E-state index in [1.807, 2.05) is 6.07 Å². The molecule has 0 aliphatic carbocycles. The van der Waals surface area contributed by atoms with Crippen molar-refractivity contribution < 1.29 is 4.92 Å². The van der Waals surface area contributed by atoms with Crippen molar-refractivity contribution in [3.63, 3.8) is 0 Å². The number of pyridine rings is 1. The van der Waals surface area contributed by atoms with Crippen LogP contribution in [-0.2, 0) is 0 Å². The van der Waals surface area contributed by atoms with Gasteiger partial charge >= 0.3 is 0 Å². The summed E-state index contributed by atoms with van der Waals surface area (Å²) in [5.41, 5.74) is 1.03. The monoisotopic (exact) mass is 228 g/mol. The molecule has 0 aliphatic rings. The Kier molecular flexibility index (Phi) is 2.58. The fourth-order valence-electron chi connectivity index (χ4n) is 1.56. The van der Waals surface area contributed by atoms with Crippen molar-refractivity contribution in [3.05, 3.63) is 52.0 Å². The zero-order valence-corrected chi connectivity index (χ0v) is 8.99. The van der Waals surface area contributed by atoms with Gasteiger partial charge in [-0.05, 0) is 24.6 Å². The van der Waals surface area contributed by atoms with Gasteiger partial charge in [-0.1, -0.05) is 0 Å². The van der Waals surface area contributed by atoms with Gasteiger partial charge in [-0.25, -0.2) is 4.98 Å². The van der Waals surface area contributed by atoms with E-state index in [9.17, 15) is 10.1 Å². The number of hydrogen-bond acceptors (Lipinski definition) is 4. The number of nitriles is 1. The predicted octanol–water partition coefficient (Wildman–Crippen LogP) is 1.96. The average Bonchev–Trinajstić information content (AvgIpc) is 2.76. The molecule has 0 spiro atoms. The second kappa shape index (κ2) is 4.06. The van der Waals surface area contributed by atoms with Crippen LogP contribution in [0.3, 0.4) is 0 Å². The third kappa shape index (κ3) is 1.86. The maximum Gasteiger partial charge on any atom is 0.287 e. The Morgan fingerprint density at radius 3 is 2.94 bits per heavy atom. The molecular weight excluding hydrogens is 220 g/mol. The van der Waals surface area contributed by atoms with Gasteiger partial charge in [-0.15, -0.1) is 0 Å². The lowest BCUT2D eigenvalue weighted by molar-refractivity contribution is -0.385. The Labute approximate surface area is 96.9 Å². The van der Waals surface area contributed by atoms with Gasteiger partial charge in [-0.3, -0.25) is 14.7 Å². The Hall–Kier alpha value is -2.68. The van der Waals surface area contributed by atoms with Gasteiger partial charge in [0.15, 0.2) is 0 Å². The number of nitro groups is 1. The van der Waals surface area contributed by atoms with Crippen LogP contribution in [0, 0.1) is 28.4 Å². The molecule has 17 heavy (non-hydrogen) atoms. The summed E-state index contributed by atoms with van der Waals surface area (Å²) in [7, 11) is 0. The summed E-state index contributed by atoms with van der Waals surface area (Å²) in [6.07, 6.45) is 2.88. The Morgan fingerprint density at radius 1 is 1.59 bits per heavy atom. The molecule has 84 valence electrons. The highest BCUT2D eigenvalue weighted by molar-refractivity contribution is 5.44. The molecular formula is C11H8N4O2. The molecule has 2 aromatic heterocycles. The van der Waals surface area contributed by atoms with Crippen molar-refractivity contribution in [2.45, 2.75) is 6.92 Å². The van der Waals surface area contributed by atoms with Crippen molar-refractivity contribution in [1.29, 1.82) is 5.26 Å². The number of rotatable bonds is 2. The third-order valence-electron chi connectivity index (χ3n) is 2.34. The molecule has 0 unspecified atom stereocenters. The molecule has 0 radical (unpaired) electrons. The summed E-state index contributed by atoms with van der Waals surface area (Å²) in [6.45, 7) is 1.72. The summed E-state index contributed by atoms with van der Waals surface area (Å²) in [6, 6.07) is 6.84. The first kappa shape index (κ1) is 10.8. The SMILES string of the molecule is Cc1cc([N+](=O)[O-])cnc1-n1cccc1C#N. The largest absolute Gasteiger partial charge is 0.292 e. The highest BCUT2D eigenvalue weighted by Crippen LogP contribution is 2.18.